The van der Waals surface area contributed by atoms with Crippen LogP contribution in [0.25, 0.3) is 0 Å². The third-order valence-electron chi connectivity index (χ3n) is 14.9. The van der Waals surface area contributed by atoms with Crippen LogP contribution in [0.3, 0.4) is 0 Å². The Morgan fingerprint density at radius 3 is 2.10 bits per heavy atom. The van der Waals surface area contributed by atoms with E-state index in [-0.39, 0.29) is 46.1 Å². The molecule has 77 heavy (non-hydrogen) atoms. The summed E-state index contributed by atoms with van der Waals surface area (Å²) in [6.07, 6.45) is 1.71. The molecule has 18 heteroatoms. The van der Waals surface area contributed by atoms with Crippen LogP contribution in [0, 0.1) is 23.0 Å². The second-order valence-corrected chi connectivity index (χ2v) is 22.5. The Morgan fingerprint density at radius 2 is 1.48 bits per heavy atom. The second kappa shape index (κ2) is 27.0. The number of alkyl halides is 3. The molecule has 5 aromatic rings. The molecule has 7 rings (SSSR count). The average Bonchev–Trinajstić information content (AvgIpc) is 3.60. The van der Waals surface area contributed by atoms with Gasteiger partial charge in [-0.1, -0.05) is 94.5 Å². The average molecular weight is 1090 g/mol. The SMILES string of the molecule is CCCCC1(CC)CS(=O)(=O)c2ccc([NH+](C)C)cc2C(c2cccc(NC(=O)CCCCCCCNCc3ccc(C4C(CCC(O)c5ccc(F)cc5)C(=O)N4c4ccc(F)cc4)cc3)c2)C1O.O=C([O-])C(F)(F)F. The highest BCUT2D eigenvalue weighted by atomic mass is 32.2. The van der Waals surface area contributed by atoms with Crippen LogP contribution in [0.1, 0.15) is 137 Å². The quantitative estimate of drug-likeness (QED) is 0.0242. The standard InChI is InChI=1S/C57H70F2N4O6S.C2HF3O2/c1-5-7-33-57(6-2)38-70(68,69)51-32-29-47(62(3)4)36-49(51)53(55(57)66)42-14-13-15-45(35-42)61-52(65)16-11-9-8-10-12-34-60-37-39-17-19-41(20-18-39)54-48(30-31-50(64)40-21-23-43(58)24-22-40)56(67)63(54)46-27-25-44(59)26-28-46;3-2(4,5)1(6)7/h13-15,17-29,32,35-36,48,50,53-55,60,64,66H,5-12,16,30-31,33-34,37-38H2,1-4H3,(H,61,65);(H,6,7). The number of aliphatic hydroxyl groups is 2. The maximum absolute atomic E-state index is 14.1. The molecule has 2 aliphatic rings. The van der Waals surface area contributed by atoms with E-state index in [0.717, 1.165) is 78.8 Å². The molecule has 2 heterocycles. The predicted molar refractivity (Wildman–Crippen MR) is 284 cm³/mol. The van der Waals surface area contributed by atoms with E-state index < -0.39 is 45.5 Å². The zero-order chi connectivity index (χ0) is 56.1. The maximum Gasteiger partial charge on any atom is 0.430 e. The Labute approximate surface area is 448 Å². The molecule has 0 spiro atoms. The summed E-state index contributed by atoms with van der Waals surface area (Å²) in [5, 5.41) is 38.6. The van der Waals surface area contributed by atoms with E-state index in [0.29, 0.717) is 61.2 Å². The Balaban J connectivity index is 0.00000128. The van der Waals surface area contributed by atoms with Crippen LogP contribution in [0.5, 0.6) is 0 Å². The monoisotopic (exact) mass is 1090 g/mol. The number of nitrogens with one attached hydrogen (secondary N) is 3. The lowest BCUT2D eigenvalue weighted by Crippen LogP contribution is -3.00. The Bertz CT molecular complexity index is 2870. The largest absolute Gasteiger partial charge is 0.542 e. The first kappa shape index (κ1) is 60.2. The third kappa shape index (κ3) is 15.6. The molecule has 6 atom stereocenters. The number of carboxylic acid groups (broad SMARTS) is 1. The van der Waals surface area contributed by atoms with Crippen molar-refractivity contribution in [1.29, 1.82) is 0 Å². The van der Waals surface area contributed by atoms with Crippen LogP contribution in [-0.4, -0.2) is 75.1 Å². The van der Waals surface area contributed by atoms with Gasteiger partial charge in [0.25, 0.3) is 0 Å². The Kier molecular flexibility index (Phi) is 21.1. The number of carbonyl (C=O) groups is 3. The van der Waals surface area contributed by atoms with E-state index in [4.69, 9.17) is 9.90 Å². The van der Waals surface area contributed by atoms with Gasteiger partial charge in [-0.15, -0.1) is 0 Å². The highest BCUT2D eigenvalue weighted by Gasteiger charge is 2.50. The number of unbranched alkanes of at least 4 members (excludes halogenated alkanes) is 5. The van der Waals surface area contributed by atoms with Crippen LogP contribution >= 0.6 is 0 Å². The number of fused-ring (bicyclic) bond motifs is 1. The number of halogens is 5. The smallest absolute Gasteiger partial charge is 0.430 e. The van der Waals surface area contributed by atoms with Crippen molar-refractivity contribution in [3.8, 4) is 0 Å². The fourth-order valence-electron chi connectivity index (χ4n) is 10.5. The highest BCUT2D eigenvalue weighted by Crippen LogP contribution is 2.50. The van der Waals surface area contributed by atoms with Gasteiger partial charge in [0.05, 0.1) is 48.9 Å². The highest BCUT2D eigenvalue weighted by molar-refractivity contribution is 7.91. The van der Waals surface area contributed by atoms with Gasteiger partial charge in [0.15, 0.2) is 9.84 Å². The summed E-state index contributed by atoms with van der Waals surface area (Å²) in [4.78, 5) is 38.5. The van der Waals surface area contributed by atoms with Crippen molar-refractivity contribution in [3.05, 3.63) is 155 Å². The Morgan fingerprint density at radius 1 is 0.844 bits per heavy atom. The van der Waals surface area contributed by atoms with Gasteiger partial charge in [-0.05, 0) is 127 Å². The molecule has 12 nitrogen and oxygen atoms in total. The van der Waals surface area contributed by atoms with Crippen LogP contribution in [0.4, 0.5) is 39.0 Å². The summed E-state index contributed by atoms with van der Waals surface area (Å²) in [6.45, 7) is 5.58. The molecule has 0 bridgehead atoms. The fourth-order valence-corrected chi connectivity index (χ4v) is 12.8. The number of sulfone groups is 1. The zero-order valence-corrected chi connectivity index (χ0v) is 44.9. The summed E-state index contributed by atoms with van der Waals surface area (Å²) >= 11 is 0. The van der Waals surface area contributed by atoms with Crippen molar-refractivity contribution in [2.45, 2.75) is 133 Å². The predicted octanol–water partition coefficient (Wildman–Crippen LogP) is 9.19. The summed E-state index contributed by atoms with van der Waals surface area (Å²) in [5.74, 6) is -5.00. The molecular weight excluding hydrogens is 1020 g/mol. The number of nitrogens with zero attached hydrogens (tertiary/aromatic N) is 1. The molecule has 0 aromatic heterocycles. The molecule has 5 N–H and O–H groups in total. The molecule has 1 fully saturated rings. The number of hydrogen-bond donors (Lipinski definition) is 5. The second-order valence-electron chi connectivity index (χ2n) is 20.5. The third-order valence-corrected chi connectivity index (χ3v) is 16.9. The van der Waals surface area contributed by atoms with Crippen molar-refractivity contribution >= 4 is 44.7 Å². The number of anilines is 2. The van der Waals surface area contributed by atoms with Crippen LogP contribution in [0.2, 0.25) is 0 Å². The van der Waals surface area contributed by atoms with Crippen molar-refractivity contribution in [1.82, 2.24) is 5.32 Å². The van der Waals surface area contributed by atoms with Gasteiger partial charge in [0, 0.05) is 47.8 Å². The number of aliphatic hydroxyl groups excluding tert-OH is 2. The number of amides is 2. The zero-order valence-electron chi connectivity index (χ0n) is 44.1. The maximum atomic E-state index is 14.1. The summed E-state index contributed by atoms with van der Waals surface area (Å²) in [7, 11) is 0.288. The molecule has 1 saturated heterocycles. The van der Waals surface area contributed by atoms with Crippen LogP contribution in [-0.2, 0) is 30.8 Å². The van der Waals surface area contributed by atoms with Gasteiger partial charge in [0.1, 0.15) is 23.3 Å². The van der Waals surface area contributed by atoms with Crippen molar-refractivity contribution < 1.29 is 65.0 Å². The first-order chi connectivity index (χ1) is 36.6. The van der Waals surface area contributed by atoms with E-state index in [2.05, 4.69) is 29.7 Å². The lowest BCUT2D eigenvalue weighted by atomic mass is 9.69. The number of hydrogen-bond acceptors (Lipinski definition) is 9. The van der Waals surface area contributed by atoms with Crippen molar-refractivity contribution in [2.75, 3.05) is 36.6 Å². The van der Waals surface area contributed by atoms with Gasteiger partial charge >= 0.3 is 6.18 Å². The summed E-state index contributed by atoms with van der Waals surface area (Å²) in [6, 6.07) is 32.6. The number of quaternary nitrogens is 1. The van der Waals surface area contributed by atoms with Crippen LogP contribution in [0.15, 0.2) is 120 Å². The lowest BCUT2D eigenvalue weighted by Gasteiger charge is -2.48. The van der Waals surface area contributed by atoms with Gasteiger partial charge in [-0.3, -0.25) is 9.59 Å². The van der Waals surface area contributed by atoms with E-state index in [1.807, 2.05) is 69.6 Å². The minimum Gasteiger partial charge on any atom is -0.542 e. The van der Waals surface area contributed by atoms with Gasteiger partial charge in [-0.25, -0.2) is 17.2 Å². The minimum atomic E-state index is -5.19. The first-order valence-electron chi connectivity index (χ1n) is 26.4. The van der Waals surface area contributed by atoms with E-state index in [1.165, 1.54) is 24.3 Å². The van der Waals surface area contributed by atoms with Gasteiger partial charge < -0.3 is 40.5 Å². The number of benzene rings is 5. The normalized spacial score (nSPS) is 20.3. The van der Waals surface area contributed by atoms with E-state index >= 15 is 0 Å². The summed E-state index contributed by atoms with van der Waals surface area (Å²) in [5.41, 5.74) is 5.39. The number of carboxylic acids is 1. The van der Waals surface area contributed by atoms with Crippen molar-refractivity contribution in [2.24, 2.45) is 11.3 Å². The minimum absolute atomic E-state index is 0.0816. The molecule has 5 aromatic carbocycles. The molecule has 0 saturated carbocycles. The van der Waals surface area contributed by atoms with Gasteiger partial charge in [-0.2, -0.15) is 13.2 Å². The van der Waals surface area contributed by atoms with Gasteiger partial charge in [0.2, 0.25) is 11.8 Å². The number of carbonyl (C=O) groups excluding carboxylic acids is 3. The van der Waals surface area contributed by atoms with Crippen molar-refractivity contribution in [3.63, 3.8) is 0 Å². The Hall–Kier alpha value is -6.05. The molecule has 6 unspecified atom stereocenters. The van der Waals surface area contributed by atoms with Crippen LogP contribution < -0.4 is 25.5 Å². The number of rotatable bonds is 23. The summed E-state index contributed by atoms with van der Waals surface area (Å²) < 4.78 is 86.9. The molecule has 416 valence electrons. The van der Waals surface area contributed by atoms with E-state index in [9.17, 15) is 50.2 Å². The fraction of sp³-hybridized carbons (Fsp3) is 0.441. The lowest BCUT2D eigenvalue weighted by molar-refractivity contribution is -0.786. The molecule has 2 aliphatic heterocycles. The molecule has 0 aliphatic carbocycles. The number of β-lactam (4-membered cyclic amide) rings is 1. The first-order valence-corrected chi connectivity index (χ1v) is 28.1. The molecule has 2 amide bonds. The molecular formula is C59H71F5N4O8S. The number of aliphatic carboxylic acids is 1. The van der Waals surface area contributed by atoms with E-state index in [1.54, 1.807) is 35.2 Å². The topological polar surface area (TPSA) is 181 Å². The molecule has 0 radical (unpaired) electrons.